The number of nitrogens with zero attached hydrogens (tertiary/aromatic N) is 2. The SMILES string of the molecule is N#Cc1nccc(C(F)F)c1CC(=O)O. The maximum atomic E-state index is 12.5. The Labute approximate surface area is 83.8 Å². The molecule has 0 radical (unpaired) electrons. The molecule has 0 spiro atoms. The zero-order valence-corrected chi connectivity index (χ0v) is 7.44. The molecule has 1 aromatic heterocycles. The Balaban J connectivity index is 3.28. The summed E-state index contributed by atoms with van der Waals surface area (Å²) < 4.78 is 24.9. The number of nitriles is 1. The minimum absolute atomic E-state index is 0.220. The molecule has 0 saturated carbocycles. The fraction of sp³-hybridized carbons (Fsp3) is 0.222. The first kappa shape index (κ1) is 11.0. The van der Waals surface area contributed by atoms with E-state index in [1.807, 2.05) is 0 Å². The molecule has 6 heteroatoms. The van der Waals surface area contributed by atoms with Crippen LogP contribution in [0.4, 0.5) is 8.78 Å². The van der Waals surface area contributed by atoms with Crippen molar-refractivity contribution in [1.82, 2.24) is 4.98 Å². The molecule has 0 unspecified atom stereocenters. The highest BCUT2D eigenvalue weighted by Gasteiger charge is 2.18. The molecular formula is C9H6F2N2O2. The Hall–Kier alpha value is -2.03. The summed E-state index contributed by atoms with van der Waals surface area (Å²) in [7, 11) is 0. The van der Waals surface area contributed by atoms with Crippen molar-refractivity contribution in [2.24, 2.45) is 0 Å². The van der Waals surface area contributed by atoms with E-state index in [9.17, 15) is 13.6 Å². The predicted molar refractivity (Wildman–Crippen MR) is 45.2 cm³/mol. The van der Waals surface area contributed by atoms with Crippen molar-refractivity contribution in [2.75, 3.05) is 0 Å². The molecule has 0 atom stereocenters. The molecule has 0 bridgehead atoms. The van der Waals surface area contributed by atoms with Gasteiger partial charge in [0.1, 0.15) is 11.8 Å². The molecule has 0 aliphatic heterocycles. The summed E-state index contributed by atoms with van der Waals surface area (Å²) in [6.07, 6.45) is -2.38. The molecule has 15 heavy (non-hydrogen) atoms. The molecule has 0 fully saturated rings. The number of hydrogen-bond donors (Lipinski definition) is 1. The standard InChI is InChI=1S/C9H6F2N2O2/c10-9(11)5-1-2-13-7(4-12)6(5)3-8(14)15/h1-2,9H,3H2,(H,14,15). The average Bonchev–Trinajstić information content (AvgIpc) is 2.16. The van der Waals surface area contributed by atoms with Crippen LogP contribution < -0.4 is 0 Å². The minimum atomic E-state index is -2.81. The number of aromatic nitrogens is 1. The number of carbonyl (C=O) groups is 1. The molecule has 0 aliphatic rings. The van der Waals surface area contributed by atoms with E-state index in [1.165, 1.54) is 0 Å². The molecule has 0 amide bonds. The van der Waals surface area contributed by atoms with Gasteiger partial charge in [0.15, 0.2) is 0 Å². The van der Waals surface area contributed by atoms with Crippen LogP contribution in [0.5, 0.6) is 0 Å². The molecule has 0 aliphatic carbocycles. The average molecular weight is 212 g/mol. The second kappa shape index (κ2) is 4.46. The Morgan fingerprint density at radius 2 is 2.33 bits per heavy atom. The van der Waals surface area contributed by atoms with Gasteiger partial charge in [0.2, 0.25) is 0 Å². The van der Waals surface area contributed by atoms with E-state index in [4.69, 9.17) is 10.4 Å². The summed E-state index contributed by atoms with van der Waals surface area (Å²) in [6, 6.07) is 2.61. The van der Waals surface area contributed by atoms with Gasteiger partial charge in [0, 0.05) is 17.3 Å². The fourth-order valence-corrected chi connectivity index (χ4v) is 1.15. The lowest BCUT2D eigenvalue weighted by Crippen LogP contribution is -2.07. The number of carboxylic acids is 1. The number of rotatable bonds is 3. The van der Waals surface area contributed by atoms with E-state index in [1.54, 1.807) is 6.07 Å². The Morgan fingerprint density at radius 1 is 1.67 bits per heavy atom. The number of carboxylic acid groups (broad SMARTS) is 1. The molecule has 4 nitrogen and oxygen atoms in total. The van der Waals surface area contributed by atoms with Crippen LogP contribution in [0.3, 0.4) is 0 Å². The van der Waals surface area contributed by atoms with Gasteiger partial charge in [0.05, 0.1) is 6.42 Å². The maximum Gasteiger partial charge on any atom is 0.307 e. The lowest BCUT2D eigenvalue weighted by atomic mass is 10.0. The first-order valence-corrected chi connectivity index (χ1v) is 3.94. The summed E-state index contributed by atoms with van der Waals surface area (Å²) in [4.78, 5) is 14.0. The van der Waals surface area contributed by atoms with Crippen molar-refractivity contribution in [3.05, 3.63) is 29.1 Å². The first-order valence-electron chi connectivity index (χ1n) is 3.94. The van der Waals surface area contributed by atoms with E-state index in [2.05, 4.69) is 4.98 Å². The zero-order chi connectivity index (χ0) is 11.4. The highest BCUT2D eigenvalue weighted by molar-refractivity contribution is 5.71. The van der Waals surface area contributed by atoms with Gasteiger partial charge in [-0.2, -0.15) is 5.26 Å². The summed E-state index contributed by atoms with van der Waals surface area (Å²) in [5.74, 6) is -1.28. The van der Waals surface area contributed by atoms with E-state index in [-0.39, 0.29) is 11.3 Å². The van der Waals surface area contributed by atoms with Gasteiger partial charge in [-0.15, -0.1) is 0 Å². The largest absolute Gasteiger partial charge is 0.481 e. The highest BCUT2D eigenvalue weighted by Crippen LogP contribution is 2.24. The van der Waals surface area contributed by atoms with Crippen LogP contribution in [0.1, 0.15) is 23.2 Å². The topological polar surface area (TPSA) is 74.0 Å². The number of alkyl halides is 2. The summed E-state index contributed by atoms with van der Waals surface area (Å²) >= 11 is 0. The Bertz CT molecular complexity index is 427. The summed E-state index contributed by atoms with van der Waals surface area (Å²) in [5.41, 5.74) is -0.943. The van der Waals surface area contributed by atoms with Crippen LogP contribution in [0.15, 0.2) is 12.3 Å². The normalized spacial score (nSPS) is 10.0. The van der Waals surface area contributed by atoms with Crippen molar-refractivity contribution in [2.45, 2.75) is 12.8 Å². The molecular weight excluding hydrogens is 206 g/mol. The van der Waals surface area contributed by atoms with Crippen molar-refractivity contribution < 1.29 is 18.7 Å². The second-order valence-electron chi connectivity index (χ2n) is 2.71. The molecule has 78 valence electrons. The van der Waals surface area contributed by atoms with Crippen LogP contribution in [0, 0.1) is 11.3 Å². The Morgan fingerprint density at radius 3 is 2.80 bits per heavy atom. The van der Waals surface area contributed by atoms with Gasteiger partial charge in [0.25, 0.3) is 6.43 Å². The monoisotopic (exact) mass is 212 g/mol. The van der Waals surface area contributed by atoms with Gasteiger partial charge < -0.3 is 5.11 Å². The Kier molecular flexibility index (Phi) is 3.29. The number of hydrogen-bond acceptors (Lipinski definition) is 3. The lowest BCUT2D eigenvalue weighted by molar-refractivity contribution is -0.136. The van der Waals surface area contributed by atoms with E-state index >= 15 is 0 Å². The third kappa shape index (κ3) is 2.47. The third-order valence-corrected chi connectivity index (χ3v) is 1.76. The molecule has 0 saturated heterocycles. The smallest absolute Gasteiger partial charge is 0.307 e. The van der Waals surface area contributed by atoms with Gasteiger partial charge >= 0.3 is 5.97 Å². The predicted octanol–water partition coefficient (Wildman–Crippen LogP) is 1.52. The lowest BCUT2D eigenvalue weighted by Gasteiger charge is -2.07. The number of aliphatic carboxylic acids is 1. The first-order chi connectivity index (χ1) is 7.06. The van der Waals surface area contributed by atoms with Gasteiger partial charge in [-0.1, -0.05) is 0 Å². The van der Waals surface area contributed by atoms with Crippen molar-refractivity contribution in [3.63, 3.8) is 0 Å². The molecule has 0 aromatic carbocycles. The van der Waals surface area contributed by atoms with Crippen molar-refractivity contribution in [3.8, 4) is 6.07 Å². The summed E-state index contributed by atoms with van der Waals surface area (Å²) in [5, 5.41) is 17.1. The van der Waals surface area contributed by atoms with Crippen LogP contribution in [0.25, 0.3) is 0 Å². The second-order valence-corrected chi connectivity index (χ2v) is 2.71. The van der Waals surface area contributed by atoms with Crippen LogP contribution in [-0.2, 0) is 11.2 Å². The molecule has 1 rings (SSSR count). The van der Waals surface area contributed by atoms with Gasteiger partial charge in [-0.3, -0.25) is 4.79 Å². The highest BCUT2D eigenvalue weighted by atomic mass is 19.3. The van der Waals surface area contributed by atoms with E-state index in [0.29, 0.717) is 0 Å². The minimum Gasteiger partial charge on any atom is -0.481 e. The molecule has 1 aromatic rings. The van der Waals surface area contributed by atoms with E-state index in [0.717, 1.165) is 12.3 Å². The van der Waals surface area contributed by atoms with Gasteiger partial charge in [-0.25, -0.2) is 13.8 Å². The van der Waals surface area contributed by atoms with Crippen molar-refractivity contribution in [1.29, 1.82) is 5.26 Å². The quantitative estimate of drug-likeness (QED) is 0.824. The molecule has 1 N–H and O–H groups in total. The summed E-state index contributed by atoms with van der Waals surface area (Å²) in [6.45, 7) is 0. The number of pyridine rings is 1. The van der Waals surface area contributed by atoms with Crippen molar-refractivity contribution >= 4 is 5.97 Å². The van der Waals surface area contributed by atoms with Crippen LogP contribution in [0.2, 0.25) is 0 Å². The third-order valence-electron chi connectivity index (χ3n) is 1.76. The van der Waals surface area contributed by atoms with E-state index < -0.39 is 24.4 Å². The zero-order valence-electron chi connectivity index (χ0n) is 7.44. The van der Waals surface area contributed by atoms with Gasteiger partial charge in [-0.05, 0) is 6.07 Å². The number of halogens is 2. The maximum absolute atomic E-state index is 12.5. The fourth-order valence-electron chi connectivity index (χ4n) is 1.15. The van der Waals surface area contributed by atoms with Crippen LogP contribution >= 0.6 is 0 Å². The molecule has 1 heterocycles. The van der Waals surface area contributed by atoms with Crippen LogP contribution in [-0.4, -0.2) is 16.1 Å².